The Bertz CT molecular complexity index is 255. The van der Waals surface area contributed by atoms with Crippen molar-refractivity contribution < 1.29 is 4.74 Å². The molecule has 78 valence electrons. The first kappa shape index (κ1) is 8.90. The third kappa shape index (κ3) is 1.10. The van der Waals surface area contributed by atoms with E-state index in [2.05, 4.69) is 0 Å². The molecule has 0 aromatic heterocycles. The topological polar surface area (TPSA) is 33.1 Å². The van der Waals surface area contributed by atoms with Crippen molar-refractivity contribution in [3.8, 4) is 0 Å². The quantitative estimate of drug-likeness (QED) is 0.718. The minimum atomic E-state index is 0.468. The van der Waals surface area contributed by atoms with E-state index in [-0.39, 0.29) is 0 Å². The maximum Gasteiger partial charge on any atom is 0.0519 e. The van der Waals surface area contributed by atoms with Gasteiger partial charge in [-0.2, -0.15) is 0 Å². The van der Waals surface area contributed by atoms with E-state index in [1.807, 2.05) is 7.11 Å². The third-order valence-corrected chi connectivity index (χ3v) is 4.65. The van der Waals surface area contributed by atoms with E-state index in [4.69, 9.17) is 10.1 Å². The van der Waals surface area contributed by atoms with Crippen molar-refractivity contribution >= 4 is 5.71 Å². The van der Waals surface area contributed by atoms with Crippen molar-refractivity contribution in [2.45, 2.75) is 32.1 Å². The lowest BCUT2D eigenvalue weighted by atomic mass is 9.49. The molecule has 2 heteroatoms. The molecule has 4 fully saturated rings. The predicted octanol–water partition coefficient (Wildman–Crippen LogP) is 2.48. The molecule has 2 atom stereocenters. The van der Waals surface area contributed by atoms with Crippen molar-refractivity contribution in [3.05, 3.63) is 0 Å². The number of nitrogens with one attached hydrogen (secondary N) is 1. The maximum atomic E-state index is 8.09. The second-order valence-corrected chi connectivity index (χ2v) is 5.73. The normalized spacial score (nSPS) is 50.1. The van der Waals surface area contributed by atoms with Gasteiger partial charge in [0.1, 0.15) is 0 Å². The number of hydrogen-bond donors (Lipinski definition) is 1. The molecule has 4 bridgehead atoms. The fourth-order valence-electron chi connectivity index (χ4n) is 4.43. The van der Waals surface area contributed by atoms with Crippen LogP contribution in [0.3, 0.4) is 0 Å². The van der Waals surface area contributed by atoms with Crippen LogP contribution >= 0.6 is 0 Å². The van der Waals surface area contributed by atoms with Gasteiger partial charge in [0.25, 0.3) is 0 Å². The average molecular weight is 193 g/mol. The van der Waals surface area contributed by atoms with Gasteiger partial charge in [-0.15, -0.1) is 0 Å². The van der Waals surface area contributed by atoms with Gasteiger partial charge >= 0.3 is 0 Å². The molecule has 0 aromatic carbocycles. The molecule has 0 saturated heterocycles. The van der Waals surface area contributed by atoms with Crippen LogP contribution in [0.5, 0.6) is 0 Å². The SMILES string of the molecule is COCC12CC3CC(C1)C(=N)C(C3)C2. The third-order valence-electron chi connectivity index (χ3n) is 4.65. The van der Waals surface area contributed by atoms with E-state index in [1.165, 1.54) is 32.1 Å². The molecule has 0 aromatic rings. The summed E-state index contributed by atoms with van der Waals surface area (Å²) in [7, 11) is 1.82. The van der Waals surface area contributed by atoms with Crippen molar-refractivity contribution in [1.82, 2.24) is 0 Å². The zero-order valence-electron chi connectivity index (χ0n) is 8.88. The summed E-state index contributed by atoms with van der Waals surface area (Å²) in [5.74, 6) is 2.16. The zero-order valence-corrected chi connectivity index (χ0v) is 8.88. The van der Waals surface area contributed by atoms with Crippen LogP contribution in [0.15, 0.2) is 0 Å². The molecule has 14 heavy (non-hydrogen) atoms. The number of hydrogen-bond acceptors (Lipinski definition) is 2. The monoisotopic (exact) mass is 193 g/mol. The highest BCUT2D eigenvalue weighted by molar-refractivity contribution is 5.88. The molecule has 1 N–H and O–H groups in total. The second-order valence-electron chi connectivity index (χ2n) is 5.73. The second kappa shape index (κ2) is 2.82. The van der Waals surface area contributed by atoms with Gasteiger partial charge in [0.05, 0.1) is 6.61 Å². The summed E-state index contributed by atoms with van der Waals surface area (Å²) in [6, 6.07) is 0. The van der Waals surface area contributed by atoms with E-state index in [1.54, 1.807) is 0 Å². The Morgan fingerprint density at radius 2 is 1.93 bits per heavy atom. The Morgan fingerprint density at radius 3 is 2.50 bits per heavy atom. The number of ether oxygens (including phenoxy) is 1. The lowest BCUT2D eigenvalue weighted by Gasteiger charge is -2.56. The molecule has 4 aliphatic rings. The van der Waals surface area contributed by atoms with Gasteiger partial charge in [-0.3, -0.25) is 0 Å². The Morgan fingerprint density at radius 1 is 1.29 bits per heavy atom. The molecule has 0 radical (unpaired) electrons. The highest BCUT2D eigenvalue weighted by Gasteiger charge is 2.53. The molecule has 2 nitrogen and oxygen atoms in total. The molecule has 0 aliphatic heterocycles. The molecule has 4 saturated carbocycles. The van der Waals surface area contributed by atoms with E-state index in [0.717, 1.165) is 18.2 Å². The summed E-state index contributed by atoms with van der Waals surface area (Å²) < 4.78 is 5.39. The van der Waals surface area contributed by atoms with Crippen molar-refractivity contribution in [2.24, 2.45) is 23.2 Å². The molecular weight excluding hydrogens is 174 g/mol. The van der Waals surface area contributed by atoms with E-state index >= 15 is 0 Å². The maximum absolute atomic E-state index is 8.09. The number of rotatable bonds is 2. The molecule has 2 unspecified atom stereocenters. The summed E-state index contributed by atoms with van der Waals surface area (Å²) in [4.78, 5) is 0. The van der Waals surface area contributed by atoms with Crippen LogP contribution < -0.4 is 0 Å². The predicted molar refractivity (Wildman–Crippen MR) is 55.6 cm³/mol. The van der Waals surface area contributed by atoms with Crippen molar-refractivity contribution in [3.63, 3.8) is 0 Å². The summed E-state index contributed by atoms with van der Waals surface area (Å²) in [5, 5.41) is 8.09. The summed E-state index contributed by atoms with van der Waals surface area (Å²) in [6.07, 6.45) is 6.47. The lowest BCUT2D eigenvalue weighted by Crippen LogP contribution is -2.52. The first-order valence-corrected chi connectivity index (χ1v) is 5.80. The van der Waals surface area contributed by atoms with E-state index in [0.29, 0.717) is 17.3 Å². The minimum absolute atomic E-state index is 0.468. The van der Waals surface area contributed by atoms with Gasteiger partial charge in [0.2, 0.25) is 0 Å². The standard InChI is InChI=1S/C12H19NO/c1-14-7-12-4-8-2-9(5-12)11(13)10(3-8)6-12/h8-10,13H,2-7H2,1H3. The molecule has 0 spiro atoms. The summed E-state index contributed by atoms with van der Waals surface area (Å²) in [6.45, 7) is 0.934. The highest BCUT2D eigenvalue weighted by Crippen LogP contribution is 2.58. The van der Waals surface area contributed by atoms with Gasteiger partial charge in [-0.1, -0.05) is 0 Å². The van der Waals surface area contributed by atoms with Crippen LogP contribution in [0, 0.1) is 28.6 Å². The average Bonchev–Trinajstić information content (AvgIpc) is 2.12. The largest absolute Gasteiger partial charge is 0.384 e. The molecular formula is C12H19NO. The van der Waals surface area contributed by atoms with Crippen molar-refractivity contribution in [1.29, 1.82) is 5.41 Å². The van der Waals surface area contributed by atoms with Gasteiger partial charge in [0, 0.05) is 12.8 Å². The molecule has 0 amide bonds. The smallest absolute Gasteiger partial charge is 0.0519 e. The number of methoxy groups -OCH3 is 1. The lowest BCUT2D eigenvalue weighted by molar-refractivity contribution is -0.0406. The fraction of sp³-hybridized carbons (Fsp3) is 0.917. The van der Waals surface area contributed by atoms with Crippen LogP contribution in [0.4, 0.5) is 0 Å². The molecule has 0 heterocycles. The van der Waals surface area contributed by atoms with E-state index in [9.17, 15) is 0 Å². The molecule has 4 rings (SSSR count). The minimum Gasteiger partial charge on any atom is -0.384 e. The fourth-order valence-corrected chi connectivity index (χ4v) is 4.43. The van der Waals surface area contributed by atoms with Gasteiger partial charge in [-0.25, -0.2) is 0 Å². The Labute approximate surface area is 85.5 Å². The summed E-state index contributed by atoms with van der Waals surface area (Å²) in [5.41, 5.74) is 1.54. The van der Waals surface area contributed by atoms with Crippen LogP contribution in [-0.4, -0.2) is 19.4 Å². The van der Waals surface area contributed by atoms with Crippen LogP contribution in [0.1, 0.15) is 32.1 Å². The summed E-state index contributed by atoms with van der Waals surface area (Å²) >= 11 is 0. The van der Waals surface area contributed by atoms with Crippen LogP contribution in [-0.2, 0) is 4.74 Å². The highest BCUT2D eigenvalue weighted by atomic mass is 16.5. The van der Waals surface area contributed by atoms with Crippen LogP contribution in [0.25, 0.3) is 0 Å². The zero-order chi connectivity index (χ0) is 9.76. The van der Waals surface area contributed by atoms with Crippen molar-refractivity contribution in [2.75, 3.05) is 13.7 Å². The van der Waals surface area contributed by atoms with Gasteiger partial charge in [-0.05, 0) is 55.3 Å². The van der Waals surface area contributed by atoms with Crippen LogP contribution in [0.2, 0.25) is 0 Å². The molecule has 4 aliphatic carbocycles. The van der Waals surface area contributed by atoms with Gasteiger partial charge < -0.3 is 10.1 Å². The first-order chi connectivity index (χ1) is 6.72. The van der Waals surface area contributed by atoms with E-state index < -0.39 is 0 Å². The Kier molecular flexibility index (Phi) is 1.79. The first-order valence-electron chi connectivity index (χ1n) is 5.80. The Hall–Kier alpha value is -0.370. The van der Waals surface area contributed by atoms with Gasteiger partial charge in [0.15, 0.2) is 0 Å². The Balaban J connectivity index is 1.88.